The first-order valence-electron chi connectivity index (χ1n) is 7.35. The number of benzene rings is 1. The van der Waals surface area contributed by atoms with Crippen molar-refractivity contribution < 1.29 is 23.1 Å². The Kier molecular flexibility index (Phi) is 5.43. The van der Waals surface area contributed by atoms with Gasteiger partial charge in [0, 0.05) is 11.1 Å². The Morgan fingerprint density at radius 2 is 2.00 bits per heavy atom. The molecule has 1 aromatic heterocycles. The number of H-pyrrole nitrogens is 1. The Hall–Kier alpha value is -2.39. The number of rotatable bonds is 4. The number of nitrogens with zero attached hydrogens (tertiary/aromatic N) is 1. The Bertz CT molecular complexity index is 898. The van der Waals surface area contributed by atoms with E-state index < -0.39 is 35.4 Å². The van der Waals surface area contributed by atoms with Crippen LogP contribution in [-0.2, 0) is 11.7 Å². The van der Waals surface area contributed by atoms with Crippen molar-refractivity contribution in [2.24, 2.45) is 0 Å². The van der Waals surface area contributed by atoms with Crippen molar-refractivity contribution in [3.8, 4) is 0 Å². The lowest BCUT2D eigenvalue weighted by molar-refractivity contribution is -0.137. The van der Waals surface area contributed by atoms with Crippen LogP contribution in [0.4, 0.5) is 13.2 Å². The van der Waals surface area contributed by atoms with Crippen LogP contribution in [-0.4, -0.2) is 27.6 Å². The highest BCUT2D eigenvalue weighted by molar-refractivity contribution is 6.31. The monoisotopic (exact) mass is 389 g/mol. The minimum Gasteiger partial charge on any atom is -0.394 e. The number of amides is 1. The second-order valence-corrected chi connectivity index (χ2v) is 6.26. The molecule has 1 atom stereocenters. The van der Waals surface area contributed by atoms with Crippen LogP contribution in [0.15, 0.2) is 29.1 Å². The van der Waals surface area contributed by atoms with Gasteiger partial charge in [-0.3, -0.25) is 9.59 Å². The first-order valence-corrected chi connectivity index (χ1v) is 7.72. The van der Waals surface area contributed by atoms with Crippen LogP contribution in [0.1, 0.15) is 34.4 Å². The molecule has 0 saturated carbocycles. The molecule has 1 heterocycles. The maximum absolute atomic E-state index is 12.8. The molecular weight excluding hydrogens is 375 g/mol. The number of alkyl halides is 3. The van der Waals surface area contributed by atoms with E-state index in [0.717, 1.165) is 18.2 Å². The van der Waals surface area contributed by atoms with Gasteiger partial charge in [0.25, 0.3) is 11.5 Å². The van der Waals surface area contributed by atoms with Gasteiger partial charge in [-0.25, -0.2) is 4.98 Å². The third-order valence-corrected chi connectivity index (χ3v) is 4.00. The van der Waals surface area contributed by atoms with Crippen molar-refractivity contribution in [3.05, 3.63) is 62.3 Å². The number of aliphatic hydroxyl groups is 1. The van der Waals surface area contributed by atoms with Crippen LogP contribution in [0.2, 0.25) is 5.02 Å². The normalized spacial score (nSPS) is 14.0. The van der Waals surface area contributed by atoms with E-state index in [2.05, 4.69) is 15.3 Å². The van der Waals surface area contributed by atoms with E-state index in [1.165, 1.54) is 13.8 Å². The average molecular weight is 390 g/mol. The number of aromatic amines is 1. The third-order valence-electron chi connectivity index (χ3n) is 3.69. The predicted molar refractivity (Wildman–Crippen MR) is 88.0 cm³/mol. The first kappa shape index (κ1) is 19.9. The summed E-state index contributed by atoms with van der Waals surface area (Å²) in [7, 11) is 0. The smallest absolute Gasteiger partial charge is 0.394 e. The fraction of sp³-hybridized carbons (Fsp3) is 0.312. The van der Waals surface area contributed by atoms with E-state index >= 15 is 0 Å². The molecule has 6 nitrogen and oxygen atoms in total. The van der Waals surface area contributed by atoms with Crippen molar-refractivity contribution in [3.63, 3.8) is 0 Å². The molecule has 0 saturated heterocycles. The van der Waals surface area contributed by atoms with Gasteiger partial charge >= 0.3 is 6.18 Å². The summed E-state index contributed by atoms with van der Waals surface area (Å²) in [5, 5.41) is 11.9. The standard InChI is InChI=1S/C16H15ClF3N3O3/c1-8-21-12(6-13(25)22-8)14(26)23-15(2,7-24)10-4-3-9(5-11(10)17)16(18,19)20/h3-6,24H,7H2,1-2H3,(H,23,26)(H,21,22,25)/t15-/m1/s1. The third kappa shape index (κ3) is 4.23. The lowest BCUT2D eigenvalue weighted by Gasteiger charge is -2.30. The summed E-state index contributed by atoms with van der Waals surface area (Å²) in [6.45, 7) is 2.22. The number of carbonyl (C=O) groups is 1. The Morgan fingerprint density at radius 3 is 2.50 bits per heavy atom. The molecule has 26 heavy (non-hydrogen) atoms. The fourth-order valence-electron chi connectivity index (χ4n) is 2.34. The van der Waals surface area contributed by atoms with Crippen molar-refractivity contribution in [2.45, 2.75) is 25.6 Å². The highest BCUT2D eigenvalue weighted by Crippen LogP contribution is 2.35. The maximum atomic E-state index is 12.8. The quantitative estimate of drug-likeness (QED) is 0.748. The van der Waals surface area contributed by atoms with Crippen LogP contribution in [0.25, 0.3) is 0 Å². The summed E-state index contributed by atoms with van der Waals surface area (Å²) < 4.78 is 38.3. The Morgan fingerprint density at radius 1 is 1.35 bits per heavy atom. The molecular formula is C16H15ClF3N3O3. The van der Waals surface area contributed by atoms with Crippen LogP contribution < -0.4 is 10.9 Å². The number of hydrogen-bond acceptors (Lipinski definition) is 4. The van der Waals surface area contributed by atoms with Crippen molar-refractivity contribution in [1.29, 1.82) is 0 Å². The molecule has 140 valence electrons. The zero-order valence-corrected chi connectivity index (χ0v) is 14.5. The summed E-state index contributed by atoms with van der Waals surface area (Å²) >= 11 is 5.95. The zero-order chi connectivity index (χ0) is 19.7. The average Bonchev–Trinajstić information content (AvgIpc) is 2.52. The van der Waals surface area contributed by atoms with E-state index in [0.29, 0.717) is 6.07 Å². The number of halogens is 4. The molecule has 2 aromatic rings. The van der Waals surface area contributed by atoms with Gasteiger partial charge < -0.3 is 15.4 Å². The first-order chi connectivity index (χ1) is 12.0. The summed E-state index contributed by atoms with van der Waals surface area (Å²) in [5.41, 5.74) is -3.10. The van der Waals surface area contributed by atoms with E-state index in [9.17, 15) is 27.9 Å². The summed E-state index contributed by atoms with van der Waals surface area (Å²) in [6.07, 6.45) is -4.58. The van der Waals surface area contributed by atoms with Crippen LogP contribution in [0, 0.1) is 6.92 Å². The number of aromatic nitrogens is 2. The molecule has 0 radical (unpaired) electrons. The largest absolute Gasteiger partial charge is 0.416 e. The minimum absolute atomic E-state index is 0.0876. The number of aryl methyl sites for hydroxylation is 1. The number of nitrogens with one attached hydrogen (secondary N) is 2. The van der Waals surface area contributed by atoms with Crippen molar-refractivity contribution in [1.82, 2.24) is 15.3 Å². The zero-order valence-electron chi connectivity index (χ0n) is 13.7. The number of hydrogen-bond donors (Lipinski definition) is 3. The molecule has 2 rings (SSSR count). The molecule has 0 fully saturated rings. The van der Waals surface area contributed by atoms with Crippen LogP contribution >= 0.6 is 11.6 Å². The maximum Gasteiger partial charge on any atom is 0.416 e. The molecule has 0 aliphatic heterocycles. The van der Waals surface area contributed by atoms with Gasteiger partial charge in [0.05, 0.1) is 17.7 Å². The lowest BCUT2D eigenvalue weighted by atomic mass is 9.91. The summed E-state index contributed by atoms with van der Waals surface area (Å²) in [5.74, 6) is -0.576. The Labute approximate surface area is 151 Å². The van der Waals surface area contributed by atoms with Gasteiger partial charge in [-0.1, -0.05) is 17.7 Å². The molecule has 0 aliphatic carbocycles. The highest BCUT2D eigenvalue weighted by Gasteiger charge is 2.35. The number of carbonyl (C=O) groups excluding carboxylic acids is 1. The van der Waals surface area contributed by atoms with Crippen molar-refractivity contribution >= 4 is 17.5 Å². The minimum atomic E-state index is -4.58. The van der Waals surface area contributed by atoms with E-state index in [1.807, 2.05) is 0 Å². The lowest BCUT2D eigenvalue weighted by Crippen LogP contribution is -2.47. The molecule has 0 aliphatic rings. The van der Waals surface area contributed by atoms with Gasteiger partial charge in [-0.2, -0.15) is 13.2 Å². The summed E-state index contributed by atoms with van der Waals surface area (Å²) in [6, 6.07) is 3.57. The van der Waals surface area contributed by atoms with E-state index in [-0.39, 0.29) is 22.1 Å². The van der Waals surface area contributed by atoms with Gasteiger partial charge in [0.1, 0.15) is 11.5 Å². The van der Waals surface area contributed by atoms with Crippen molar-refractivity contribution in [2.75, 3.05) is 6.61 Å². The van der Waals surface area contributed by atoms with Crippen LogP contribution in [0.3, 0.4) is 0 Å². The second kappa shape index (κ2) is 7.08. The molecule has 0 bridgehead atoms. The Balaban J connectivity index is 2.39. The molecule has 10 heteroatoms. The SMILES string of the molecule is Cc1nc(C(=O)N[C@](C)(CO)c2ccc(C(F)(F)F)cc2Cl)cc(=O)[nH]1. The van der Waals surface area contributed by atoms with E-state index in [4.69, 9.17) is 11.6 Å². The molecule has 3 N–H and O–H groups in total. The van der Waals surface area contributed by atoms with E-state index in [1.54, 1.807) is 0 Å². The van der Waals surface area contributed by atoms with Gasteiger partial charge in [0.2, 0.25) is 0 Å². The predicted octanol–water partition coefficient (Wildman–Crippen LogP) is 2.39. The van der Waals surface area contributed by atoms with Crippen LogP contribution in [0.5, 0.6) is 0 Å². The molecule has 0 unspecified atom stereocenters. The molecule has 1 amide bonds. The summed E-state index contributed by atoms with van der Waals surface area (Å²) in [4.78, 5) is 30.1. The van der Waals surface area contributed by atoms with Gasteiger partial charge in [-0.05, 0) is 31.5 Å². The second-order valence-electron chi connectivity index (χ2n) is 5.85. The highest BCUT2D eigenvalue weighted by atomic mass is 35.5. The topological polar surface area (TPSA) is 95.1 Å². The molecule has 0 spiro atoms. The van der Waals surface area contributed by atoms with Gasteiger partial charge in [0.15, 0.2) is 0 Å². The fourth-order valence-corrected chi connectivity index (χ4v) is 2.73. The number of aliphatic hydroxyl groups excluding tert-OH is 1. The molecule has 1 aromatic carbocycles. The van der Waals surface area contributed by atoms with Gasteiger partial charge in [-0.15, -0.1) is 0 Å².